The van der Waals surface area contributed by atoms with Crippen LogP contribution in [0, 0.1) is 0 Å². The third kappa shape index (κ3) is 4.29. The van der Waals surface area contributed by atoms with Crippen molar-refractivity contribution >= 4 is 58.2 Å². The molecule has 0 aliphatic rings. The summed E-state index contributed by atoms with van der Waals surface area (Å²) in [5, 5.41) is 4.82. The Kier molecular flexibility index (Phi) is 5.95. The summed E-state index contributed by atoms with van der Waals surface area (Å²) in [6, 6.07) is 10.9. The normalized spacial score (nSPS) is 11.0. The summed E-state index contributed by atoms with van der Waals surface area (Å²) in [5.74, 6) is 0. The molecular formula is C16H16Cl3N3. The fourth-order valence-corrected chi connectivity index (χ4v) is 2.28. The van der Waals surface area contributed by atoms with Crippen LogP contribution in [0.1, 0.15) is 6.92 Å². The van der Waals surface area contributed by atoms with Gasteiger partial charge in [-0.15, -0.1) is 0 Å². The largest absolute Gasteiger partial charge is 0.366 e. The van der Waals surface area contributed by atoms with E-state index in [1.807, 2.05) is 37.1 Å². The molecule has 0 saturated carbocycles. The second kappa shape index (κ2) is 7.73. The average Bonchev–Trinajstić information content (AvgIpc) is 2.51. The van der Waals surface area contributed by atoms with Gasteiger partial charge in [0.15, 0.2) is 0 Å². The minimum Gasteiger partial charge on any atom is -0.366 e. The monoisotopic (exact) mass is 355 g/mol. The van der Waals surface area contributed by atoms with Gasteiger partial charge in [0.05, 0.1) is 38.5 Å². The molecule has 0 spiro atoms. The van der Waals surface area contributed by atoms with Gasteiger partial charge in [0.1, 0.15) is 0 Å². The third-order valence-electron chi connectivity index (χ3n) is 3.07. The number of anilines is 2. The third-order valence-corrected chi connectivity index (χ3v) is 4.02. The van der Waals surface area contributed by atoms with E-state index in [2.05, 4.69) is 10.3 Å². The van der Waals surface area contributed by atoms with Gasteiger partial charge in [-0.2, -0.15) is 0 Å². The number of benzene rings is 2. The van der Waals surface area contributed by atoms with E-state index < -0.39 is 0 Å². The molecule has 0 aromatic heterocycles. The van der Waals surface area contributed by atoms with E-state index in [-0.39, 0.29) is 0 Å². The van der Waals surface area contributed by atoms with Gasteiger partial charge in [0, 0.05) is 13.6 Å². The van der Waals surface area contributed by atoms with Gasteiger partial charge < -0.3 is 10.2 Å². The summed E-state index contributed by atoms with van der Waals surface area (Å²) >= 11 is 18.7. The first-order valence-corrected chi connectivity index (χ1v) is 7.89. The van der Waals surface area contributed by atoms with Crippen molar-refractivity contribution in [1.82, 2.24) is 4.90 Å². The zero-order chi connectivity index (χ0) is 16.1. The summed E-state index contributed by atoms with van der Waals surface area (Å²) in [7, 11) is 1.94. The Morgan fingerprint density at radius 1 is 1.05 bits per heavy atom. The highest BCUT2D eigenvalue weighted by atomic mass is 35.5. The quantitative estimate of drug-likeness (QED) is 0.525. The highest BCUT2D eigenvalue weighted by Gasteiger charge is 2.08. The number of halogens is 3. The molecule has 6 heteroatoms. The van der Waals surface area contributed by atoms with Crippen LogP contribution < -0.4 is 5.32 Å². The molecule has 1 N–H and O–H groups in total. The maximum absolute atomic E-state index is 6.30. The van der Waals surface area contributed by atoms with Crippen LogP contribution in [0.5, 0.6) is 0 Å². The molecule has 0 aliphatic heterocycles. The number of rotatable bonds is 5. The summed E-state index contributed by atoms with van der Waals surface area (Å²) in [5.41, 5.74) is 2.07. The summed E-state index contributed by atoms with van der Waals surface area (Å²) in [4.78, 5) is 6.28. The molecule has 2 aromatic rings. The lowest BCUT2D eigenvalue weighted by Crippen LogP contribution is -2.14. The van der Waals surface area contributed by atoms with E-state index in [4.69, 9.17) is 34.8 Å². The van der Waals surface area contributed by atoms with Crippen LogP contribution in [0.2, 0.25) is 15.1 Å². The van der Waals surface area contributed by atoms with E-state index >= 15 is 0 Å². The first kappa shape index (κ1) is 16.9. The molecule has 2 aromatic carbocycles. The van der Waals surface area contributed by atoms with Crippen LogP contribution in [-0.2, 0) is 0 Å². The molecule has 0 unspecified atom stereocenters. The van der Waals surface area contributed by atoms with Crippen LogP contribution in [0.4, 0.5) is 17.1 Å². The SMILES string of the molecule is CCN(C)C=Nc1cc(Cl)c(Nc2ccccc2Cl)cc1Cl. The van der Waals surface area contributed by atoms with Crippen molar-refractivity contribution in [3.05, 3.63) is 51.5 Å². The van der Waals surface area contributed by atoms with Crippen molar-refractivity contribution in [3.63, 3.8) is 0 Å². The topological polar surface area (TPSA) is 27.6 Å². The lowest BCUT2D eigenvalue weighted by Gasteiger charge is -2.12. The predicted molar refractivity (Wildman–Crippen MR) is 97.7 cm³/mol. The molecule has 0 saturated heterocycles. The standard InChI is InChI=1S/C16H16Cl3N3/c1-3-22(2)10-20-15-8-13(19)16(9-12(15)18)21-14-7-5-4-6-11(14)17/h4-10,21H,3H2,1-2H3. The molecule has 2 rings (SSSR count). The molecule has 0 bridgehead atoms. The smallest absolute Gasteiger partial charge is 0.0910 e. The Morgan fingerprint density at radius 2 is 1.77 bits per heavy atom. The Labute approximate surface area is 145 Å². The predicted octanol–water partition coefficient (Wildman–Crippen LogP) is 6.00. The Balaban J connectivity index is 2.27. The van der Waals surface area contributed by atoms with Crippen LogP contribution >= 0.6 is 34.8 Å². The van der Waals surface area contributed by atoms with Crippen LogP contribution in [0.15, 0.2) is 41.4 Å². The zero-order valence-corrected chi connectivity index (χ0v) is 14.5. The van der Waals surface area contributed by atoms with E-state index in [1.165, 1.54) is 0 Å². The highest BCUT2D eigenvalue weighted by Crippen LogP contribution is 2.36. The van der Waals surface area contributed by atoms with Crippen molar-refractivity contribution in [2.45, 2.75) is 6.92 Å². The zero-order valence-electron chi connectivity index (χ0n) is 12.3. The van der Waals surface area contributed by atoms with Crippen molar-refractivity contribution in [2.24, 2.45) is 4.99 Å². The van der Waals surface area contributed by atoms with Gasteiger partial charge in [0.25, 0.3) is 0 Å². The number of aliphatic imine (C=N–C) groups is 1. The fraction of sp³-hybridized carbons (Fsp3) is 0.188. The fourth-order valence-electron chi connectivity index (χ4n) is 1.68. The number of nitrogens with zero attached hydrogens (tertiary/aromatic N) is 2. The lowest BCUT2D eigenvalue weighted by atomic mass is 10.2. The van der Waals surface area contributed by atoms with Crippen LogP contribution in [-0.4, -0.2) is 24.8 Å². The molecule has 22 heavy (non-hydrogen) atoms. The Morgan fingerprint density at radius 3 is 2.45 bits per heavy atom. The van der Waals surface area contributed by atoms with Gasteiger partial charge in [-0.3, -0.25) is 0 Å². The van der Waals surface area contributed by atoms with Gasteiger partial charge in [-0.05, 0) is 31.2 Å². The molecule has 0 radical (unpaired) electrons. The molecule has 0 aliphatic carbocycles. The molecule has 116 valence electrons. The summed E-state index contributed by atoms with van der Waals surface area (Å²) < 4.78 is 0. The minimum absolute atomic E-state index is 0.514. The van der Waals surface area contributed by atoms with Crippen molar-refractivity contribution < 1.29 is 0 Å². The highest BCUT2D eigenvalue weighted by molar-refractivity contribution is 6.37. The minimum atomic E-state index is 0.514. The second-order valence-corrected chi connectivity index (χ2v) is 5.93. The van der Waals surface area contributed by atoms with Crippen molar-refractivity contribution in [1.29, 1.82) is 0 Å². The van der Waals surface area contributed by atoms with Crippen LogP contribution in [0.3, 0.4) is 0 Å². The molecule has 0 heterocycles. The second-order valence-electron chi connectivity index (χ2n) is 4.71. The van der Waals surface area contributed by atoms with Gasteiger partial charge in [0.2, 0.25) is 0 Å². The number of para-hydroxylation sites is 1. The van der Waals surface area contributed by atoms with Gasteiger partial charge >= 0.3 is 0 Å². The lowest BCUT2D eigenvalue weighted by molar-refractivity contribution is 0.552. The van der Waals surface area contributed by atoms with E-state index in [0.717, 1.165) is 12.2 Å². The van der Waals surface area contributed by atoms with E-state index in [0.29, 0.717) is 26.4 Å². The van der Waals surface area contributed by atoms with Crippen LogP contribution in [0.25, 0.3) is 0 Å². The van der Waals surface area contributed by atoms with E-state index in [1.54, 1.807) is 24.5 Å². The number of hydrogen-bond donors (Lipinski definition) is 1. The first-order chi connectivity index (χ1) is 10.5. The molecule has 3 nitrogen and oxygen atoms in total. The first-order valence-electron chi connectivity index (χ1n) is 6.76. The number of hydrogen-bond acceptors (Lipinski definition) is 2. The van der Waals surface area contributed by atoms with Gasteiger partial charge in [-0.1, -0.05) is 46.9 Å². The Bertz CT molecular complexity index is 686. The maximum atomic E-state index is 6.30. The molecule has 0 atom stereocenters. The maximum Gasteiger partial charge on any atom is 0.0910 e. The summed E-state index contributed by atoms with van der Waals surface area (Å²) in [6.45, 7) is 2.90. The molecular weight excluding hydrogens is 341 g/mol. The number of nitrogens with one attached hydrogen (secondary N) is 1. The van der Waals surface area contributed by atoms with Crippen molar-refractivity contribution in [3.8, 4) is 0 Å². The average molecular weight is 357 g/mol. The Hall–Kier alpha value is -1.42. The molecule has 0 fully saturated rings. The van der Waals surface area contributed by atoms with Crippen molar-refractivity contribution in [2.75, 3.05) is 18.9 Å². The molecule has 0 amide bonds. The van der Waals surface area contributed by atoms with E-state index in [9.17, 15) is 0 Å². The van der Waals surface area contributed by atoms with Gasteiger partial charge in [-0.25, -0.2) is 4.99 Å². The summed E-state index contributed by atoms with van der Waals surface area (Å²) in [6.07, 6.45) is 1.72.